The molecule has 3 aromatic rings. The van der Waals surface area contributed by atoms with E-state index >= 15 is 0 Å². The number of anilines is 1. The molecule has 7 nitrogen and oxygen atoms in total. The molecule has 8 heteroatoms. The summed E-state index contributed by atoms with van der Waals surface area (Å²) in [5, 5.41) is 13.5. The molecule has 0 aromatic carbocycles. The lowest BCUT2D eigenvalue weighted by Gasteiger charge is -2.03. The monoisotopic (exact) mass is 262 g/mol. The van der Waals surface area contributed by atoms with Crippen LogP contribution in [0.1, 0.15) is 10.6 Å². The second-order valence-corrected chi connectivity index (χ2v) is 4.67. The van der Waals surface area contributed by atoms with Crippen molar-refractivity contribution in [3.63, 3.8) is 0 Å². The van der Waals surface area contributed by atoms with Crippen molar-refractivity contribution in [3.8, 4) is 0 Å². The minimum Gasteiger partial charge on any atom is -0.364 e. The first-order chi connectivity index (χ1) is 8.74. The fourth-order valence-corrected chi connectivity index (χ4v) is 2.28. The molecule has 3 rings (SSSR count). The highest BCUT2D eigenvalue weighted by molar-refractivity contribution is 7.09. The van der Waals surface area contributed by atoms with E-state index in [1.165, 1.54) is 4.52 Å². The third kappa shape index (κ3) is 1.86. The minimum atomic E-state index is -0.345. The highest BCUT2D eigenvalue weighted by atomic mass is 32.1. The number of rotatable bonds is 3. The first kappa shape index (κ1) is 10.9. The molecule has 18 heavy (non-hydrogen) atoms. The van der Waals surface area contributed by atoms with Crippen LogP contribution in [-0.2, 0) is 6.54 Å². The Labute approximate surface area is 106 Å². The minimum absolute atomic E-state index is 0.345. The van der Waals surface area contributed by atoms with Gasteiger partial charge in [-0.15, -0.1) is 16.4 Å². The average molecular weight is 262 g/mol. The Kier molecular flexibility index (Phi) is 2.56. The lowest BCUT2D eigenvalue weighted by atomic mass is 10.4. The third-order valence-electron chi connectivity index (χ3n) is 2.55. The lowest BCUT2D eigenvalue weighted by molar-refractivity contribution is 0.875. The number of aromatic nitrogens is 5. The number of hydrogen-bond donors (Lipinski definition) is 2. The zero-order chi connectivity index (χ0) is 12.5. The van der Waals surface area contributed by atoms with Crippen molar-refractivity contribution >= 4 is 22.8 Å². The van der Waals surface area contributed by atoms with Crippen molar-refractivity contribution in [2.45, 2.75) is 13.5 Å². The summed E-state index contributed by atoms with van der Waals surface area (Å²) in [6.07, 6.45) is 0. The number of aryl methyl sites for hydroxylation is 1. The van der Waals surface area contributed by atoms with Crippen molar-refractivity contribution in [2.24, 2.45) is 0 Å². The van der Waals surface area contributed by atoms with Gasteiger partial charge >= 0.3 is 5.69 Å². The van der Waals surface area contributed by atoms with E-state index in [9.17, 15) is 4.79 Å². The number of nitrogens with zero attached hydrogens (tertiary/aromatic N) is 4. The average Bonchev–Trinajstić information content (AvgIpc) is 2.94. The molecule has 92 valence electrons. The third-order valence-corrected chi connectivity index (χ3v) is 3.48. The van der Waals surface area contributed by atoms with E-state index in [0.717, 1.165) is 10.6 Å². The van der Waals surface area contributed by atoms with Crippen LogP contribution in [0.3, 0.4) is 0 Å². The number of hydrogen-bond acceptors (Lipinski definition) is 6. The summed E-state index contributed by atoms with van der Waals surface area (Å²) in [4.78, 5) is 16.7. The van der Waals surface area contributed by atoms with Crippen LogP contribution in [0.4, 0.5) is 5.82 Å². The van der Waals surface area contributed by atoms with Gasteiger partial charge in [0, 0.05) is 4.88 Å². The zero-order valence-corrected chi connectivity index (χ0v) is 10.4. The van der Waals surface area contributed by atoms with Crippen molar-refractivity contribution < 1.29 is 0 Å². The van der Waals surface area contributed by atoms with Crippen molar-refractivity contribution in [1.29, 1.82) is 0 Å². The van der Waals surface area contributed by atoms with E-state index in [1.807, 2.05) is 12.4 Å². The van der Waals surface area contributed by atoms with Gasteiger partial charge < -0.3 is 5.32 Å². The molecule has 0 atom stereocenters. The highest BCUT2D eigenvalue weighted by Gasteiger charge is 2.04. The fourth-order valence-electron chi connectivity index (χ4n) is 1.56. The number of fused-ring (bicyclic) bond motifs is 1. The van der Waals surface area contributed by atoms with Crippen LogP contribution < -0.4 is 11.0 Å². The summed E-state index contributed by atoms with van der Waals surface area (Å²) in [5.41, 5.74) is 2.97. The van der Waals surface area contributed by atoms with Crippen LogP contribution in [0.15, 0.2) is 22.4 Å². The summed E-state index contributed by atoms with van der Waals surface area (Å²) in [6, 6.07) is 3.51. The van der Waals surface area contributed by atoms with Gasteiger partial charge in [0.2, 0.25) is 0 Å². The largest absolute Gasteiger partial charge is 0.364 e. The lowest BCUT2D eigenvalue weighted by Crippen LogP contribution is -2.13. The Morgan fingerprint density at radius 1 is 1.50 bits per heavy atom. The molecule has 0 radical (unpaired) electrons. The molecule has 3 heterocycles. The van der Waals surface area contributed by atoms with Gasteiger partial charge in [-0.25, -0.2) is 14.9 Å². The van der Waals surface area contributed by atoms with Crippen LogP contribution in [0.2, 0.25) is 0 Å². The summed E-state index contributed by atoms with van der Waals surface area (Å²) in [6.45, 7) is 2.60. The van der Waals surface area contributed by atoms with E-state index in [1.54, 1.807) is 23.5 Å². The second-order valence-electron chi connectivity index (χ2n) is 3.73. The Morgan fingerprint density at radius 3 is 3.17 bits per heavy atom. The summed E-state index contributed by atoms with van der Waals surface area (Å²) < 4.78 is 1.22. The Morgan fingerprint density at radius 2 is 2.39 bits per heavy atom. The topological polar surface area (TPSA) is 88.0 Å². The normalized spacial score (nSPS) is 10.9. The van der Waals surface area contributed by atoms with E-state index in [4.69, 9.17) is 0 Å². The van der Waals surface area contributed by atoms with Gasteiger partial charge in [-0.2, -0.15) is 9.61 Å². The Hall–Kier alpha value is -2.22. The smallest absolute Gasteiger partial charge is 0.364 e. The number of H-pyrrole nitrogens is 1. The SMILES string of the molecule is Cc1ncsc1CNc1ccc2n[nH]c(=O)n2n1. The quantitative estimate of drug-likeness (QED) is 0.728. The fraction of sp³-hybridized carbons (Fsp3) is 0.200. The molecule has 2 N–H and O–H groups in total. The van der Waals surface area contributed by atoms with Crippen LogP contribution in [-0.4, -0.2) is 24.8 Å². The van der Waals surface area contributed by atoms with E-state index in [-0.39, 0.29) is 5.69 Å². The van der Waals surface area contributed by atoms with E-state index in [0.29, 0.717) is 18.0 Å². The molecular formula is C10H10N6OS. The molecule has 0 saturated carbocycles. The number of aromatic amines is 1. The second kappa shape index (κ2) is 4.22. The Balaban J connectivity index is 1.84. The molecule has 0 aliphatic rings. The van der Waals surface area contributed by atoms with Crippen LogP contribution in [0, 0.1) is 6.92 Å². The molecule has 0 fully saturated rings. The van der Waals surface area contributed by atoms with Crippen molar-refractivity contribution in [1.82, 2.24) is 24.8 Å². The van der Waals surface area contributed by atoms with E-state index < -0.39 is 0 Å². The van der Waals surface area contributed by atoms with Gasteiger partial charge in [-0.05, 0) is 19.1 Å². The Bertz CT molecular complexity index is 742. The number of nitrogens with one attached hydrogen (secondary N) is 2. The van der Waals surface area contributed by atoms with Gasteiger partial charge in [0.1, 0.15) is 5.82 Å². The highest BCUT2D eigenvalue weighted by Crippen LogP contribution is 2.13. The summed E-state index contributed by atoms with van der Waals surface area (Å²) in [5.74, 6) is 0.624. The molecular weight excluding hydrogens is 252 g/mol. The maximum absolute atomic E-state index is 11.4. The summed E-state index contributed by atoms with van der Waals surface area (Å²) in [7, 11) is 0. The molecule has 0 aliphatic heterocycles. The van der Waals surface area contributed by atoms with Crippen LogP contribution >= 0.6 is 11.3 Å². The zero-order valence-electron chi connectivity index (χ0n) is 9.54. The molecule has 0 amide bonds. The molecule has 0 unspecified atom stereocenters. The predicted molar refractivity (Wildman–Crippen MR) is 67.8 cm³/mol. The summed E-state index contributed by atoms with van der Waals surface area (Å²) >= 11 is 1.59. The van der Waals surface area contributed by atoms with Crippen molar-refractivity contribution in [2.75, 3.05) is 5.32 Å². The van der Waals surface area contributed by atoms with Gasteiger partial charge in [-0.3, -0.25) is 0 Å². The van der Waals surface area contributed by atoms with Gasteiger partial charge in [0.05, 0.1) is 17.7 Å². The predicted octanol–water partition coefficient (Wildman–Crippen LogP) is 0.795. The molecule has 0 spiro atoms. The first-order valence-electron chi connectivity index (χ1n) is 5.31. The molecule has 0 saturated heterocycles. The van der Waals surface area contributed by atoms with Crippen LogP contribution in [0.5, 0.6) is 0 Å². The molecule has 0 aliphatic carbocycles. The van der Waals surface area contributed by atoms with Crippen molar-refractivity contribution in [3.05, 3.63) is 38.7 Å². The first-order valence-corrected chi connectivity index (χ1v) is 6.19. The van der Waals surface area contributed by atoms with Crippen LogP contribution in [0.25, 0.3) is 5.65 Å². The molecule has 3 aromatic heterocycles. The number of thiazole rings is 1. The maximum atomic E-state index is 11.4. The van der Waals surface area contributed by atoms with Gasteiger partial charge in [0.25, 0.3) is 0 Å². The van der Waals surface area contributed by atoms with Gasteiger partial charge in [-0.1, -0.05) is 0 Å². The molecule has 0 bridgehead atoms. The van der Waals surface area contributed by atoms with E-state index in [2.05, 4.69) is 25.6 Å². The van der Waals surface area contributed by atoms with Gasteiger partial charge in [0.15, 0.2) is 5.65 Å². The maximum Gasteiger partial charge on any atom is 0.364 e. The standard InChI is InChI=1S/C10H10N6OS/c1-6-7(18-5-12-6)4-11-8-2-3-9-13-14-10(17)16(9)15-8/h2-3,5H,4H2,1H3,(H,11,15)(H,14,17).